The molecular formula is C18H20F3NO2. The van der Waals surface area contributed by atoms with Crippen molar-refractivity contribution in [3.63, 3.8) is 0 Å². The summed E-state index contributed by atoms with van der Waals surface area (Å²) in [4.78, 5) is 0. The molecule has 3 aliphatic rings. The Labute approximate surface area is 138 Å². The molecule has 0 bridgehead atoms. The fourth-order valence-corrected chi connectivity index (χ4v) is 4.13. The van der Waals surface area contributed by atoms with Gasteiger partial charge in [0.2, 0.25) is 0 Å². The Bertz CT molecular complexity index is 661. The number of fused-ring (bicyclic) bond motifs is 3. The third-order valence-corrected chi connectivity index (χ3v) is 5.11. The lowest BCUT2D eigenvalue weighted by Crippen LogP contribution is -2.32. The molecule has 0 amide bonds. The Balaban J connectivity index is 1.72. The summed E-state index contributed by atoms with van der Waals surface area (Å²) in [5.74, 6) is 0.0217. The lowest BCUT2D eigenvalue weighted by atomic mass is 9.81. The van der Waals surface area contributed by atoms with E-state index in [0.717, 1.165) is 36.9 Å². The molecule has 0 unspecified atom stereocenters. The van der Waals surface area contributed by atoms with Gasteiger partial charge in [-0.3, -0.25) is 0 Å². The van der Waals surface area contributed by atoms with Crippen LogP contribution in [-0.2, 0) is 4.74 Å². The summed E-state index contributed by atoms with van der Waals surface area (Å²) in [6.07, 6.45) is 1.75. The zero-order valence-electron chi connectivity index (χ0n) is 13.3. The van der Waals surface area contributed by atoms with Crippen LogP contribution in [0.25, 0.3) is 0 Å². The standard InChI is InChI=1S/C18H20F3NO2/c19-18(20,21)24-12-7-8-15-14(10-12)17-13(6-3-9-23-17)16(22-15)11-4-1-2-5-11/h7-8,10,13,17,22H,1-6,9H2/t13-,17-/m0/s1. The first-order chi connectivity index (χ1) is 11.5. The average Bonchev–Trinajstić information content (AvgIpc) is 3.07. The van der Waals surface area contributed by atoms with E-state index < -0.39 is 6.36 Å². The van der Waals surface area contributed by atoms with Gasteiger partial charge in [0.15, 0.2) is 0 Å². The number of halogens is 3. The highest BCUT2D eigenvalue weighted by molar-refractivity contribution is 5.63. The smallest absolute Gasteiger partial charge is 0.406 e. The molecule has 2 atom stereocenters. The molecule has 2 fully saturated rings. The van der Waals surface area contributed by atoms with Crippen molar-refractivity contribution in [1.82, 2.24) is 0 Å². The van der Waals surface area contributed by atoms with Crippen LogP contribution in [0.3, 0.4) is 0 Å². The highest BCUT2D eigenvalue weighted by atomic mass is 19.4. The van der Waals surface area contributed by atoms with Crippen molar-refractivity contribution in [1.29, 1.82) is 0 Å². The molecule has 1 saturated carbocycles. The SMILES string of the molecule is FC(F)(F)Oc1ccc2c(c1)[C@H]1OCCC[C@H]1C(=C1CCCC1)N2. The van der Waals surface area contributed by atoms with E-state index in [1.807, 2.05) is 0 Å². The number of allylic oxidation sites excluding steroid dienone is 1. The van der Waals surface area contributed by atoms with Gasteiger partial charge in [0.1, 0.15) is 5.75 Å². The molecule has 0 spiro atoms. The van der Waals surface area contributed by atoms with Crippen LogP contribution in [0.2, 0.25) is 0 Å². The summed E-state index contributed by atoms with van der Waals surface area (Å²) in [5.41, 5.74) is 4.30. The zero-order valence-corrected chi connectivity index (χ0v) is 13.3. The molecule has 130 valence electrons. The first-order valence-corrected chi connectivity index (χ1v) is 8.51. The monoisotopic (exact) mass is 339 g/mol. The van der Waals surface area contributed by atoms with Gasteiger partial charge in [-0.05, 0) is 56.7 Å². The van der Waals surface area contributed by atoms with Gasteiger partial charge in [-0.1, -0.05) is 5.57 Å². The first-order valence-electron chi connectivity index (χ1n) is 8.51. The van der Waals surface area contributed by atoms with Crippen molar-refractivity contribution in [2.45, 2.75) is 51.0 Å². The molecule has 24 heavy (non-hydrogen) atoms. The summed E-state index contributed by atoms with van der Waals surface area (Å²) in [6, 6.07) is 4.49. The van der Waals surface area contributed by atoms with Crippen molar-refractivity contribution in [3.05, 3.63) is 35.0 Å². The van der Waals surface area contributed by atoms with E-state index in [-0.39, 0.29) is 17.8 Å². The summed E-state index contributed by atoms with van der Waals surface area (Å²) < 4.78 is 47.5. The van der Waals surface area contributed by atoms with E-state index in [2.05, 4.69) is 10.1 Å². The highest BCUT2D eigenvalue weighted by Gasteiger charge is 2.38. The maximum Gasteiger partial charge on any atom is 0.573 e. The van der Waals surface area contributed by atoms with Crippen LogP contribution in [-0.4, -0.2) is 13.0 Å². The first kappa shape index (κ1) is 15.8. The van der Waals surface area contributed by atoms with E-state index in [1.165, 1.54) is 36.2 Å². The molecule has 1 aliphatic carbocycles. The summed E-state index contributed by atoms with van der Waals surface area (Å²) in [5, 5.41) is 3.49. The lowest BCUT2D eigenvalue weighted by molar-refractivity contribution is -0.274. The highest BCUT2D eigenvalue weighted by Crippen LogP contribution is 2.49. The Morgan fingerprint density at radius 2 is 1.92 bits per heavy atom. The van der Waals surface area contributed by atoms with Gasteiger partial charge in [-0.15, -0.1) is 13.2 Å². The molecule has 1 saturated heterocycles. The second kappa shape index (κ2) is 5.99. The number of hydrogen-bond acceptors (Lipinski definition) is 3. The molecule has 6 heteroatoms. The number of anilines is 1. The number of hydrogen-bond donors (Lipinski definition) is 1. The zero-order chi connectivity index (χ0) is 16.7. The number of benzene rings is 1. The van der Waals surface area contributed by atoms with Crippen LogP contribution in [0.1, 0.15) is 50.2 Å². The van der Waals surface area contributed by atoms with Crippen LogP contribution >= 0.6 is 0 Å². The number of ether oxygens (including phenoxy) is 2. The normalized spacial score (nSPS) is 26.6. The summed E-state index contributed by atoms with van der Waals surface area (Å²) in [6.45, 7) is 0.646. The van der Waals surface area contributed by atoms with Crippen molar-refractivity contribution in [2.24, 2.45) is 5.92 Å². The van der Waals surface area contributed by atoms with E-state index in [1.54, 1.807) is 6.07 Å². The largest absolute Gasteiger partial charge is 0.573 e. The van der Waals surface area contributed by atoms with E-state index >= 15 is 0 Å². The minimum Gasteiger partial charge on any atom is -0.406 e. The molecule has 4 rings (SSSR count). The van der Waals surface area contributed by atoms with Gasteiger partial charge in [-0.25, -0.2) is 0 Å². The summed E-state index contributed by atoms with van der Waals surface area (Å²) in [7, 11) is 0. The average molecular weight is 339 g/mol. The van der Waals surface area contributed by atoms with Crippen molar-refractivity contribution >= 4 is 5.69 Å². The molecular weight excluding hydrogens is 319 g/mol. The molecule has 2 aliphatic heterocycles. The third kappa shape index (κ3) is 2.99. The fourth-order valence-electron chi connectivity index (χ4n) is 4.13. The van der Waals surface area contributed by atoms with Gasteiger partial charge in [0, 0.05) is 29.5 Å². The molecule has 2 heterocycles. The van der Waals surface area contributed by atoms with Crippen LogP contribution < -0.4 is 10.1 Å². The lowest BCUT2D eigenvalue weighted by Gasteiger charge is -2.40. The quantitative estimate of drug-likeness (QED) is 0.752. The number of rotatable bonds is 1. The van der Waals surface area contributed by atoms with Gasteiger partial charge in [0.25, 0.3) is 0 Å². The minimum atomic E-state index is -4.68. The number of alkyl halides is 3. The molecule has 1 aromatic carbocycles. The maximum absolute atomic E-state index is 12.5. The topological polar surface area (TPSA) is 30.5 Å². The molecule has 0 radical (unpaired) electrons. The van der Waals surface area contributed by atoms with Crippen LogP contribution in [0.15, 0.2) is 29.5 Å². The van der Waals surface area contributed by atoms with Crippen molar-refractivity contribution < 1.29 is 22.6 Å². The van der Waals surface area contributed by atoms with E-state index in [0.29, 0.717) is 6.61 Å². The Kier molecular flexibility index (Phi) is 3.95. The van der Waals surface area contributed by atoms with Gasteiger partial charge >= 0.3 is 6.36 Å². The fraction of sp³-hybridized carbons (Fsp3) is 0.556. The molecule has 1 aromatic rings. The van der Waals surface area contributed by atoms with Crippen molar-refractivity contribution in [2.75, 3.05) is 11.9 Å². The Morgan fingerprint density at radius 1 is 1.12 bits per heavy atom. The van der Waals surface area contributed by atoms with Gasteiger partial charge < -0.3 is 14.8 Å². The number of nitrogens with one attached hydrogen (secondary N) is 1. The minimum absolute atomic E-state index is 0.185. The van der Waals surface area contributed by atoms with Crippen LogP contribution in [0.5, 0.6) is 5.75 Å². The summed E-state index contributed by atoms with van der Waals surface area (Å²) >= 11 is 0. The molecule has 3 nitrogen and oxygen atoms in total. The van der Waals surface area contributed by atoms with Crippen LogP contribution in [0.4, 0.5) is 18.9 Å². The second-order valence-corrected chi connectivity index (χ2v) is 6.69. The third-order valence-electron chi connectivity index (χ3n) is 5.11. The Hall–Kier alpha value is -1.69. The van der Waals surface area contributed by atoms with E-state index in [4.69, 9.17) is 4.74 Å². The molecule has 0 aromatic heterocycles. The maximum atomic E-state index is 12.5. The van der Waals surface area contributed by atoms with Crippen LogP contribution in [0, 0.1) is 5.92 Å². The predicted molar refractivity (Wildman–Crippen MR) is 83.7 cm³/mol. The van der Waals surface area contributed by atoms with E-state index in [9.17, 15) is 13.2 Å². The Morgan fingerprint density at radius 3 is 2.67 bits per heavy atom. The predicted octanol–water partition coefficient (Wildman–Crippen LogP) is 5.31. The van der Waals surface area contributed by atoms with Crippen molar-refractivity contribution in [3.8, 4) is 5.75 Å². The van der Waals surface area contributed by atoms with Gasteiger partial charge in [0.05, 0.1) is 6.10 Å². The molecule has 1 N–H and O–H groups in total. The van der Waals surface area contributed by atoms with Gasteiger partial charge in [-0.2, -0.15) is 0 Å². The second-order valence-electron chi connectivity index (χ2n) is 6.69.